The lowest BCUT2D eigenvalue weighted by Crippen LogP contribution is -2.25. The average molecular weight is 379 g/mol. The summed E-state index contributed by atoms with van der Waals surface area (Å²) in [6.45, 7) is 2.44. The van der Waals surface area contributed by atoms with Crippen LogP contribution in [0.1, 0.15) is 37.8 Å². The number of carboxylic acid groups (broad SMARTS) is 1. The molecule has 0 bridgehead atoms. The van der Waals surface area contributed by atoms with E-state index in [9.17, 15) is 9.59 Å². The van der Waals surface area contributed by atoms with Gasteiger partial charge in [0.25, 0.3) is 5.91 Å². The molecule has 0 aliphatic heterocycles. The summed E-state index contributed by atoms with van der Waals surface area (Å²) in [7, 11) is 0. The number of aromatic carboxylic acids is 1. The van der Waals surface area contributed by atoms with Crippen LogP contribution in [0, 0.1) is 6.92 Å². The van der Waals surface area contributed by atoms with Crippen LogP contribution < -0.4 is 10.1 Å². The van der Waals surface area contributed by atoms with E-state index in [0.29, 0.717) is 29.2 Å². The molecule has 0 atom stereocenters. The van der Waals surface area contributed by atoms with Gasteiger partial charge in [-0.1, -0.05) is 30.3 Å². The molecule has 1 aromatic heterocycles. The number of carbonyl (C=O) groups is 2. The highest BCUT2D eigenvalue weighted by atomic mass is 16.5. The molecule has 3 rings (SSSR count). The minimum absolute atomic E-state index is 0.112. The second kappa shape index (κ2) is 8.90. The van der Waals surface area contributed by atoms with Gasteiger partial charge in [0, 0.05) is 17.7 Å². The van der Waals surface area contributed by atoms with E-state index >= 15 is 0 Å². The van der Waals surface area contributed by atoms with Crippen molar-refractivity contribution in [3.8, 4) is 5.75 Å². The molecule has 0 fully saturated rings. The molecule has 0 saturated heterocycles. The summed E-state index contributed by atoms with van der Waals surface area (Å²) < 4.78 is 10.8. The molecule has 0 unspecified atom stereocenters. The molecule has 28 heavy (non-hydrogen) atoms. The third kappa shape index (κ3) is 5.01. The summed E-state index contributed by atoms with van der Waals surface area (Å²) in [6.07, 6.45) is 0.774. The van der Waals surface area contributed by atoms with E-state index in [-0.39, 0.29) is 18.3 Å². The van der Waals surface area contributed by atoms with Crippen LogP contribution in [0.4, 0.5) is 0 Å². The van der Waals surface area contributed by atoms with Crippen LogP contribution in [0.2, 0.25) is 0 Å². The fourth-order valence-corrected chi connectivity index (χ4v) is 2.70. The zero-order chi connectivity index (χ0) is 19.9. The quantitative estimate of drug-likeness (QED) is 0.621. The molecule has 3 aromatic rings. The number of hydrogen-bond acceptors (Lipinski definition) is 4. The summed E-state index contributed by atoms with van der Waals surface area (Å²) in [6, 6.07) is 18.2. The molecule has 6 heteroatoms. The first-order chi connectivity index (χ1) is 13.5. The number of rotatable bonds is 8. The third-order valence-corrected chi connectivity index (χ3v) is 4.28. The van der Waals surface area contributed by atoms with E-state index in [4.69, 9.17) is 14.3 Å². The van der Waals surface area contributed by atoms with Crippen LogP contribution in [-0.2, 0) is 13.0 Å². The Morgan fingerprint density at radius 2 is 1.79 bits per heavy atom. The highest BCUT2D eigenvalue weighted by Crippen LogP contribution is 2.19. The lowest BCUT2D eigenvalue weighted by Gasteiger charge is -2.08. The first-order valence-corrected chi connectivity index (χ1v) is 8.90. The average Bonchev–Trinajstić information content (AvgIpc) is 3.08. The highest BCUT2D eigenvalue weighted by molar-refractivity contribution is 5.94. The third-order valence-electron chi connectivity index (χ3n) is 4.28. The topological polar surface area (TPSA) is 88.8 Å². The van der Waals surface area contributed by atoms with E-state index in [1.807, 2.05) is 30.3 Å². The van der Waals surface area contributed by atoms with Crippen molar-refractivity contribution in [2.45, 2.75) is 20.0 Å². The van der Waals surface area contributed by atoms with Crippen molar-refractivity contribution in [2.75, 3.05) is 6.54 Å². The first-order valence-electron chi connectivity index (χ1n) is 8.90. The minimum Gasteiger partial charge on any atom is -0.489 e. The van der Waals surface area contributed by atoms with Crippen molar-refractivity contribution in [3.63, 3.8) is 0 Å². The molecule has 1 heterocycles. The lowest BCUT2D eigenvalue weighted by atomic mass is 10.1. The molecule has 0 spiro atoms. The Bertz CT molecular complexity index is 945. The Kier molecular flexibility index (Phi) is 6.11. The normalized spacial score (nSPS) is 10.5. The molecule has 6 nitrogen and oxygen atoms in total. The van der Waals surface area contributed by atoms with Crippen LogP contribution in [0.3, 0.4) is 0 Å². The standard InChI is InChI=1S/C22H21NO5/c1-15-18(13-20(28-15)22(25)26)14-27-19-9-7-17(8-10-19)21(24)23-12-11-16-5-3-2-4-6-16/h2-10,13H,11-12,14H2,1H3,(H,23,24)(H,25,26). The maximum Gasteiger partial charge on any atom is 0.371 e. The van der Waals surface area contributed by atoms with Gasteiger partial charge in [0.2, 0.25) is 5.76 Å². The Balaban J connectivity index is 1.50. The molecule has 0 radical (unpaired) electrons. The van der Waals surface area contributed by atoms with Crippen LogP contribution in [0.15, 0.2) is 65.1 Å². The molecule has 0 aliphatic carbocycles. The first kappa shape index (κ1) is 19.2. The van der Waals surface area contributed by atoms with Gasteiger partial charge in [-0.3, -0.25) is 4.79 Å². The number of nitrogens with one attached hydrogen (secondary N) is 1. The largest absolute Gasteiger partial charge is 0.489 e. The lowest BCUT2D eigenvalue weighted by molar-refractivity contribution is 0.0660. The molecule has 1 amide bonds. The second-order valence-corrected chi connectivity index (χ2v) is 6.30. The van der Waals surface area contributed by atoms with Crippen molar-refractivity contribution < 1.29 is 23.8 Å². The Morgan fingerprint density at radius 3 is 2.43 bits per heavy atom. The van der Waals surface area contributed by atoms with E-state index in [1.165, 1.54) is 11.6 Å². The number of aryl methyl sites for hydroxylation is 1. The van der Waals surface area contributed by atoms with Crippen molar-refractivity contribution in [3.05, 3.63) is 88.9 Å². The number of ether oxygens (including phenoxy) is 1. The van der Waals surface area contributed by atoms with Gasteiger partial charge in [-0.25, -0.2) is 4.79 Å². The van der Waals surface area contributed by atoms with Crippen molar-refractivity contribution in [1.82, 2.24) is 5.32 Å². The van der Waals surface area contributed by atoms with Gasteiger partial charge in [-0.2, -0.15) is 0 Å². The number of furan rings is 1. The zero-order valence-corrected chi connectivity index (χ0v) is 15.5. The number of benzene rings is 2. The predicted octanol–water partition coefficient (Wildman–Crippen LogP) is 3.84. The van der Waals surface area contributed by atoms with Crippen molar-refractivity contribution in [2.24, 2.45) is 0 Å². The second-order valence-electron chi connectivity index (χ2n) is 6.30. The van der Waals surface area contributed by atoms with Gasteiger partial charge in [0.15, 0.2) is 0 Å². The van der Waals surface area contributed by atoms with Crippen LogP contribution in [0.25, 0.3) is 0 Å². The molecule has 0 saturated carbocycles. The molecule has 144 valence electrons. The maximum absolute atomic E-state index is 12.2. The number of hydrogen-bond donors (Lipinski definition) is 2. The SMILES string of the molecule is Cc1oc(C(=O)O)cc1COc1ccc(C(=O)NCCc2ccccc2)cc1. The molecule has 0 aliphatic rings. The van der Waals surface area contributed by atoms with Gasteiger partial charge in [-0.15, -0.1) is 0 Å². The molecule has 2 N–H and O–H groups in total. The predicted molar refractivity (Wildman–Crippen MR) is 104 cm³/mol. The van der Waals surface area contributed by atoms with Crippen LogP contribution >= 0.6 is 0 Å². The van der Waals surface area contributed by atoms with E-state index in [2.05, 4.69) is 5.32 Å². The Morgan fingerprint density at radius 1 is 1.07 bits per heavy atom. The van der Waals surface area contributed by atoms with E-state index in [1.54, 1.807) is 31.2 Å². The Hall–Kier alpha value is -3.54. The fraction of sp³-hybridized carbons (Fsp3) is 0.182. The molecular weight excluding hydrogens is 358 g/mol. The van der Waals surface area contributed by atoms with Gasteiger partial charge >= 0.3 is 5.97 Å². The van der Waals surface area contributed by atoms with Crippen molar-refractivity contribution >= 4 is 11.9 Å². The van der Waals surface area contributed by atoms with Crippen LogP contribution in [-0.4, -0.2) is 23.5 Å². The smallest absolute Gasteiger partial charge is 0.371 e. The minimum atomic E-state index is -1.11. The van der Waals surface area contributed by atoms with Gasteiger partial charge < -0.3 is 19.6 Å². The highest BCUT2D eigenvalue weighted by Gasteiger charge is 2.13. The van der Waals surface area contributed by atoms with Gasteiger partial charge in [0.1, 0.15) is 18.1 Å². The molecule has 2 aromatic carbocycles. The van der Waals surface area contributed by atoms with E-state index < -0.39 is 5.97 Å². The number of carbonyl (C=O) groups excluding carboxylic acids is 1. The number of amides is 1. The summed E-state index contributed by atoms with van der Waals surface area (Å²) in [5.41, 5.74) is 2.39. The summed E-state index contributed by atoms with van der Waals surface area (Å²) in [5, 5.41) is 11.8. The van der Waals surface area contributed by atoms with Crippen molar-refractivity contribution in [1.29, 1.82) is 0 Å². The summed E-state index contributed by atoms with van der Waals surface area (Å²) in [4.78, 5) is 23.1. The Labute approximate surface area is 162 Å². The maximum atomic E-state index is 12.2. The monoisotopic (exact) mass is 379 g/mol. The zero-order valence-electron chi connectivity index (χ0n) is 15.5. The van der Waals surface area contributed by atoms with Gasteiger partial charge in [-0.05, 0) is 49.2 Å². The van der Waals surface area contributed by atoms with Crippen LogP contribution in [0.5, 0.6) is 5.75 Å². The summed E-state index contributed by atoms with van der Waals surface area (Å²) >= 11 is 0. The van der Waals surface area contributed by atoms with E-state index in [0.717, 1.165) is 6.42 Å². The summed E-state index contributed by atoms with van der Waals surface area (Å²) in [5.74, 6) is -0.278. The fourth-order valence-electron chi connectivity index (χ4n) is 2.70. The molecular formula is C22H21NO5. The number of carboxylic acids is 1. The van der Waals surface area contributed by atoms with Gasteiger partial charge in [0.05, 0.1) is 0 Å².